The Hall–Kier alpha value is -4.27. The highest BCUT2D eigenvalue weighted by molar-refractivity contribution is 6.58. The third-order valence-electron chi connectivity index (χ3n) is 10.3. The molecule has 0 radical (unpaired) electrons. The van der Waals surface area contributed by atoms with Gasteiger partial charge >= 0.3 is 0 Å². The van der Waals surface area contributed by atoms with Gasteiger partial charge in [-0.2, -0.15) is 0 Å². The van der Waals surface area contributed by atoms with E-state index in [2.05, 4.69) is 6.58 Å². The molecule has 3 aromatic carbocycles. The number of fused-ring (bicyclic) bond motifs is 4. The number of amides is 4. The Kier molecular flexibility index (Phi) is 7.45. The smallest absolute Gasteiger partial charge is 0.258 e. The van der Waals surface area contributed by atoms with Gasteiger partial charge in [-0.15, -0.1) is 29.8 Å². The number of carbonyl (C=O) groups is 4. The second-order valence-electron chi connectivity index (χ2n) is 12.6. The molecule has 1 N–H and O–H groups in total. The number of aromatic hydroxyl groups is 1. The van der Waals surface area contributed by atoms with Crippen molar-refractivity contribution in [2.45, 2.75) is 48.3 Å². The normalized spacial score (nSPS) is 29.8. The van der Waals surface area contributed by atoms with Gasteiger partial charge in [-0.25, -0.2) is 9.29 Å². The molecular weight excluding hydrogens is 642 g/mol. The van der Waals surface area contributed by atoms with E-state index in [9.17, 15) is 28.7 Å². The molecule has 4 amide bonds. The summed E-state index contributed by atoms with van der Waals surface area (Å²) in [7, 11) is 0. The summed E-state index contributed by atoms with van der Waals surface area (Å²) in [5.41, 5.74) is 2.95. The zero-order chi connectivity index (χ0) is 33.4. The molecule has 10 heteroatoms. The highest BCUT2D eigenvalue weighted by atomic mass is 35.5. The highest BCUT2D eigenvalue weighted by Gasteiger charge is 2.77. The largest absolute Gasteiger partial charge is 0.507 e. The molecule has 3 fully saturated rings. The van der Waals surface area contributed by atoms with Crippen LogP contribution in [0.25, 0.3) is 0 Å². The Balaban J connectivity index is 1.40. The molecule has 3 aromatic rings. The van der Waals surface area contributed by atoms with E-state index in [-0.39, 0.29) is 35.7 Å². The van der Waals surface area contributed by atoms with Crippen LogP contribution in [-0.4, -0.2) is 38.5 Å². The van der Waals surface area contributed by atoms with Crippen molar-refractivity contribution < 1.29 is 28.7 Å². The Morgan fingerprint density at radius 1 is 0.915 bits per heavy atom. The molecule has 2 aliphatic carbocycles. The lowest BCUT2D eigenvalue weighted by Gasteiger charge is -2.50. The Labute approximate surface area is 281 Å². The van der Waals surface area contributed by atoms with Gasteiger partial charge in [0.25, 0.3) is 11.8 Å². The van der Waals surface area contributed by atoms with Crippen LogP contribution in [0.15, 0.2) is 91.0 Å². The van der Waals surface area contributed by atoms with E-state index in [1.807, 2.05) is 25.1 Å². The third kappa shape index (κ3) is 4.30. The maximum atomic E-state index is 14.5. The first-order valence-electron chi connectivity index (χ1n) is 15.6. The molecule has 240 valence electrons. The van der Waals surface area contributed by atoms with Gasteiger partial charge in [0.1, 0.15) is 11.6 Å². The second kappa shape index (κ2) is 11.2. The maximum Gasteiger partial charge on any atom is 0.258 e. The number of phenols is 1. The molecule has 7 nitrogen and oxygen atoms in total. The van der Waals surface area contributed by atoms with E-state index in [4.69, 9.17) is 23.2 Å². The molecule has 6 atom stereocenters. The number of benzene rings is 3. The van der Waals surface area contributed by atoms with Crippen LogP contribution in [0.5, 0.6) is 5.75 Å². The first-order valence-corrected chi connectivity index (χ1v) is 16.3. The average molecular weight is 674 g/mol. The van der Waals surface area contributed by atoms with E-state index in [1.54, 1.807) is 36.4 Å². The van der Waals surface area contributed by atoms with E-state index in [0.717, 1.165) is 29.0 Å². The summed E-state index contributed by atoms with van der Waals surface area (Å²) in [5.74, 6) is -6.60. The summed E-state index contributed by atoms with van der Waals surface area (Å²) in [6.07, 6.45) is 4.54. The number of imide groups is 2. The number of hydrogen-bond donors (Lipinski definition) is 1. The number of phenolic OH excluding ortho intramolecular Hbond substituents is 1. The van der Waals surface area contributed by atoms with Gasteiger partial charge in [0, 0.05) is 11.5 Å². The summed E-state index contributed by atoms with van der Waals surface area (Å²) >= 11 is 14.8. The van der Waals surface area contributed by atoms with Crippen molar-refractivity contribution in [3.63, 3.8) is 0 Å². The second-order valence-corrected chi connectivity index (χ2v) is 13.9. The fraction of sp³-hybridized carbons (Fsp3) is 0.297. The Bertz CT molecular complexity index is 1890. The van der Waals surface area contributed by atoms with Gasteiger partial charge in [-0.3, -0.25) is 24.1 Å². The predicted octanol–water partition coefficient (Wildman–Crippen LogP) is 6.59. The van der Waals surface area contributed by atoms with E-state index in [1.165, 1.54) is 17.0 Å². The van der Waals surface area contributed by atoms with Gasteiger partial charge < -0.3 is 5.11 Å². The molecule has 2 aliphatic heterocycles. The van der Waals surface area contributed by atoms with Crippen LogP contribution in [0.3, 0.4) is 0 Å². The number of aryl methyl sites for hydroxylation is 1. The minimum atomic E-state index is -2.14. The minimum absolute atomic E-state index is 0.0860. The Morgan fingerprint density at radius 3 is 2.23 bits per heavy atom. The molecule has 1 saturated carbocycles. The molecule has 0 unspecified atom stereocenters. The van der Waals surface area contributed by atoms with Crippen LogP contribution in [0.4, 0.5) is 15.8 Å². The molecule has 0 bridgehead atoms. The van der Waals surface area contributed by atoms with E-state index < -0.39 is 57.0 Å². The zero-order valence-corrected chi connectivity index (χ0v) is 27.0. The molecule has 0 spiro atoms. The lowest BCUT2D eigenvalue weighted by molar-refractivity contribution is -0.125. The van der Waals surface area contributed by atoms with Crippen LogP contribution in [0.1, 0.15) is 42.4 Å². The van der Waals surface area contributed by atoms with E-state index >= 15 is 0 Å². The number of anilines is 2. The number of rotatable bonds is 6. The summed E-state index contributed by atoms with van der Waals surface area (Å²) in [4.78, 5) is 54.9. The fourth-order valence-electron chi connectivity index (χ4n) is 8.04. The number of halogens is 3. The van der Waals surface area contributed by atoms with Crippen molar-refractivity contribution in [2.24, 2.45) is 17.8 Å². The lowest BCUT2D eigenvalue weighted by atomic mass is 9.56. The number of carbonyl (C=O) groups excluding carboxylic acids is 4. The number of alkyl halides is 2. The van der Waals surface area contributed by atoms with Crippen molar-refractivity contribution in [2.75, 3.05) is 9.80 Å². The van der Waals surface area contributed by atoms with Crippen LogP contribution < -0.4 is 9.80 Å². The summed E-state index contributed by atoms with van der Waals surface area (Å²) in [6, 6.07) is 17.1. The molecule has 0 aromatic heterocycles. The summed E-state index contributed by atoms with van der Waals surface area (Å²) in [6.45, 7) is 5.78. The van der Waals surface area contributed by atoms with Crippen LogP contribution in [-0.2, 0) is 32.0 Å². The van der Waals surface area contributed by atoms with Gasteiger partial charge in [0.2, 0.25) is 11.8 Å². The maximum absolute atomic E-state index is 14.5. The first kappa shape index (κ1) is 31.3. The van der Waals surface area contributed by atoms with Gasteiger partial charge in [-0.1, -0.05) is 55.0 Å². The topological polar surface area (TPSA) is 95.0 Å². The number of hydrogen-bond acceptors (Lipinski definition) is 5. The first-order chi connectivity index (χ1) is 22.5. The predicted molar refractivity (Wildman–Crippen MR) is 177 cm³/mol. The van der Waals surface area contributed by atoms with Crippen molar-refractivity contribution in [3.05, 3.63) is 114 Å². The van der Waals surface area contributed by atoms with Crippen molar-refractivity contribution in [1.29, 1.82) is 0 Å². The number of allylic oxidation sites excluding steroid dienone is 3. The van der Waals surface area contributed by atoms with E-state index in [0.29, 0.717) is 23.2 Å². The van der Waals surface area contributed by atoms with Crippen LogP contribution >= 0.6 is 23.2 Å². The standard InChI is InChI=1S/C37H31Cl2FN2O5/c1-3-6-21-7-5-8-27(31(21)43)30-25-17-18-26-29(33(45)41(32(26)44)23-13-9-20(4-2)10-14-23)28(25)19-36(38)34(46)42(35(47)37(30,36)39)24-15-11-22(40)12-16-24/h3,5,7-17,26,28-30,43H,1,4,6,18-19H2,2H3/t26-,28+,29-,30+,36+,37-/m0/s1. The average Bonchev–Trinajstić information content (AvgIpc) is 3.40. The third-order valence-corrected chi connectivity index (χ3v) is 11.7. The highest BCUT2D eigenvalue weighted by Crippen LogP contribution is 2.66. The number of nitrogens with zero attached hydrogens (tertiary/aromatic N) is 2. The van der Waals surface area contributed by atoms with Gasteiger partial charge in [0.05, 0.1) is 23.2 Å². The molecular formula is C37H31Cl2FN2O5. The molecule has 7 rings (SSSR count). The molecule has 2 heterocycles. The number of para-hydroxylation sites is 1. The molecule has 2 saturated heterocycles. The van der Waals surface area contributed by atoms with Gasteiger partial charge in [-0.05, 0) is 79.1 Å². The molecule has 4 aliphatic rings. The molecule has 47 heavy (non-hydrogen) atoms. The van der Waals surface area contributed by atoms with Gasteiger partial charge in [0.15, 0.2) is 9.75 Å². The minimum Gasteiger partial charge on any atom is -0.507 e. The SMILES string of the molecule is C=CCc1cccc([C@H]2C3=CC[C@@H]4C(=O)N(c5ccc(CC)cc5)C(=O)[C@@H]4[C@@H]3C[C@@]3(Cl)C(=O)N(c4ccc(F)cc4)C(=O)[C@@]23Cl)c1O. The van der Waals surface area contributed by atoms with Crippen molar-refractivity contribution in [3.8, 4) is 5.75 Å². The monoisotopic (exact) mass is 672 g/mol. The quantitative estimate of drug-likeness (QED) is 0.181. The summed E-state index contributed by atoms with van der Waals surface area (Å²) in [5, 5.41) is 11.6. The fourth-order valence-corrected chi connectivity index (χ4v) is 8.97. The lowest BCUT2D eigenvalue weighted by Crippen LogP contribution is -2.60. The van der Waals surface area contributed by atoms with Crippen molar-refractivity contribution in [1.82, 2.24) is 0 Å². The summed E-state index contributed by atoms with van der Waals surface area (Å²) < 4.78 is 13.9. The van der Waals surface area contributed by atoms with Crippen LogP contribution in [0, 0.1) is 23.6 Å². The van der Waals surface area contributed by atoms with Crippen LogP contribution in [0.2, 0.25) is 0 Å². The zero-order valence-electron chi connectivity index (χ0n) is 25.5. The van der Waals surface area contributed by atoms with Crippen molar-refractivity contribution >= 4 is 58.2 Å². The Morgan fingerprint density at radius 2 is 1.57 bits per heavy atom.